The summed E-state index contributed by atoms with van der Waals surface area (Å²) in [5.74, 6) is -5.24. The molecule has 0 aromatic carbocycles. The highest BCUT2D eigenvalue weighted by molar-refractivity contribution is 5.76. The fourth-order valence-corrected chi connectivity index (χ4v) is 3.55. The van der Waals surface area contributed by atoms with E-state index in [0.29, 0.717) is 0 Å². The summed E-state index contributed by atoms with van der Waals surface area (Å²) in [6.07, 6.45) is -16.1. The molecule has 9 N–H and O–H groups in total. The van der Waals surface area contributed by atoms with E-state index >= 15 is 0 Å². The first-order valence-corrected chi connectivity index (χ1v) is 9.55. The summed E-state index contributed by atoms with van der Waals surface area (Å²) in [4.78, 5) is 23.6. The van der Waals surface area contributed by atoms with Crippen LogP contribution in [0.1, 0.15) is 20.3 Å². The number of carboxylic acid groups (broad SMARTS) is 1. The third-order valence-electron chi connectivity index (χ3n) is 5.30. The molecule has 0 radical (unpaired) electrons. The van der Waals surface area contributed by atoms with Crippen LogP contribution in [0.3, 0.4) is 0 Å². The van der Waals surface area contributed by atoms with Crippen LogP contribution in [0, 0.1) is 0 Å². The van der Waals surface area contributed by atoms with Crippen LogP contribution in [-0.2, 0) is 23.8 Å². The molecule has 11 atom stereocenters. The Morgan fingerprint density at radius 2 is 1.77 bits per heavy atom. The molecule has 1 amide bonds. The molecular formula is C17H29NO13. The van der Waals surface area contributed by atoms with E-state index in [1.807, 2.05) is 0 Å². The third kappa shape index (κ3) is 5.31. The van der Waals surface area contributed by atoms with Gasteiger partial charge in [-0.3, -0.25) is 4.79 Å². The number of ether oxygens (including phenoxy) is 3. The van der Waals surface area contributed by atoms with E-state index in [2.05, 4.69) is 5.32 Å². The van der Waals surface area contributed by atoms with Crippen molar-refractivity contribution in [2.75, 3.05) is 6.61 Å². The SMILES string of the molecule is CC(=O)N[C@H]1[C@H]([C@H](O)[C@H](O)CO)OC(OC2O[C@@H](C)[C@@H](O)[C@@H](O)[C@@H]2O)(C(=O)O)C[C@@H]1O. The van der Waals surface area contributed by atoms with Gasteiger partial charge < -0.3 is 60.4 Å². The number of carboxylic acids is 1. The molecule has 2 heterocycles. The molecular weight excluding hydrogens is 426 g/mol. The van der Waals surface area contributed by atoms with Crippen molar-refractivity contribution in [3.05, 3.63) is 0 Å². The number of nitrogens with one attached hydrogen (secondary N) is 1. The highest BCUT2D eigenvalue weighted by Crippen LogP contribution is 2.36. The number of aliphatic carboxylic acids is 1. The van der Waals surface area contributed by atoms with Gasteiger partial charge in [-0.05, 0) is 6.92 Å². The predicted octanol–water partition coefficient (Wildman–Crippen LogP) is -5.02. The Kier molecular flexibility index (Phi) is 8.32. The van der Waals surface area contributed by atoms with Gasteiger partial charge in [-0.2, -0.15) is 0 Å². The van der Waals surface area contributed by atoms with Gasteiger partial charge in [-0.1, -0.05) is 0 Å². The largest absolute Gasteiger partial charge is 0.477 e. The van der Waals surface area contributed by atoms with E-state index < -0.39 is 91.9 Å². The Labute approximate surface area is 176 Å². The molecule has 31 heavy (non-hydrogen) atoms. The minimum absolute atomic E-state index is 0.663. The van der Waals surface area contributed by atoms with Gasteiger partial charge in [0.2, 0.25) is 5.91 Å². The van der Waals surface area contributed by atoms with Crippen LogP contribution in [0.5, 0.6) is 0 Å². The van der Waals surface area contributed by atoms with E-state index in [0.717, 1.165) is 6.92 Å². The number of rotatable bonds is 7. The van der Waals surface area contributed by atoms with Crippen LogP contribution in [0.25, 0.3) is 0 Å². The van der Waals surface area contributed by atoms with Gasteiger partial charge in [0, 0.05) is 13.3 Å². The quantitative estimate of drug-likeness (QED) is 0.175. The van der Waals surface area contributed by atoms with Gasteiger partial charge in [0.1, 0.15) is 36.6 Å². The second-order valence-electron chi connectivity index (χ2n) is 7.68. The Bertz CT molecular complexity index is 650. The number of aliphatic hydroxyl groups excluding tert-OH is 7. The maximum atomic E-state index is 12.1. The molecule has 2 rings (SSSR count). The summed E-state index contributed by atoms with van der Waals surface area (Å²) >= 11 is 0. The number of hydrogen-bond acceptors (Lipinski definition) is 12. The first-order valence-electron chi connectivity index (χ1n) is 9.55. The lowest BCUT2D eigenvalue weighted by atomic mass is 9.88. The molecule has 2 unspecified atom stereocenters. The van der Waals surface area contributed by atoms with E-state index in [-0.39, 0.29) is 0 Å². The molecule has 14 heteroatoms. The highest BCUT2D eigenvalue weighted by atomic mass is 16.8. The molecule has 14 nitrogen and oxygen atoms in total. The minimum Gasteiger partial charge on any atom is -0.477 e. The Morgan fingerprint density at radius 3 is 2.29 bits per heavy atom. The summed E-state index contributed by atoms with van der Waals surface area (Å²) in [7, 11) is 0. The number of amides is 1. The van der Waals surface area contributed by atoms with Crippen LogP contribution in [0.2, 0.25) is 0 Å². The lowest BCUT2D eigenvalue weighted by molar-refractivity contribution is -0.385. The van der Waals surface area contributed by atoms with Crippen molar-refractivity contribution < 1.29 is 64.7 Å². The molecule has 180 valence electrons. The zero-order valence-corrected chi connectivity index (χ0v) is 16.8. The Balaban J connectivity index is 2.38. The average Bonchev–Trinajstić information content (AvgIpc) is 2.70. The van der Waals surface area contributed by atoms with Crippen LogP contribution in [0.15, 0.2) is 0 Å². The maximum Gasteiger partial charge on any atom is 0.364 e. The van der Waals surface area contributed by atoms with E-state index in [4.69, 9.17) is 19.3 Å². The Morgan fingerprint density at radius 1 is 1.16 bits per heavy atom. The lowest BCUT2D eigenvalue weighted by Gasteiger charge is -2.49. The first kappa shape index (κ1) is 25.8. The monoisotopic (exact) mass is 455 g/mol. The van der Waals surface area contributed by atoms with Gasteiger partial charge in [-0.15, -0.1) is 0 Å². The van der Waals surface area contributed by atoms with Crippen molar-refractivity contribution >= 4 is 11.9 Å². The normalized spacial score (nSPS) is 43.1. The van der Waals surface area contributed by atoms with Crippen LogP contribution in [-0.4, -0.2) is 126 Å². The van der Waals surface area contributed by atoms with E-state index in [9.17, 15) is 45.3 Å². The van der Waals surface area contributed by atoms with Crippen molar-refractivity contribution in [3.63, 3.8) is 0 Å². The molecule has 0 aromatic rings. The summed E-state index contributed by atoms with van der Waals surface area (Å²) in [6.45, 7) is 1.47. The zero-order chi connectivity index (χ0) is 23.7. The van der Waals surface area contributed by atoms with Gasteiger partial charge in [0.05, 0.1) is 24.9 Å². The molecule has 0 aliphatic carbocycles. The summed E-state index contributed by atoms with van der Waals surface area (Å²) < 4.78 is 15.9. The number of aliphatic hydroxyl groups is 7. The second kappa shape index (κ2) is 9.99. The predicted molar refractivity (Wildman–Crippen MR) is 96.0 cm³/mol. The third-order valence-corrected chi connectivity index (χ3v) is 5.30. The van der Waals surface area contributed by atoms with Crippen molar-refractivity contribution in [2.24, 2.45) is 0 Å². The van der Waals surface area contributed by atoms with Crippen LogP contribution >= 0.6 is 0 Å². The average molecular weight is 455 g/mol. The first-order chi connectivity index (χ1) is 14.3. The molecule has 2 fully saturated rings. The number of carbonyl (C=O) groups is 2. The van der Waals surface area contributed by atoms with Crippen molar-refractivity contribution in [3.8, 4) is 0 Å². The molecule has 2 aliphatic heterocycles. The molecule has 0 aromatic heterocycles. The van der Waals surface area contributed by atoms with Gasteiger partial charge in [0.15, 0.2) is 6.29 Å². The highest BCUT2D eigenvalue weighted by Gasteiger charge is 2.58. The molecule has 0 saturated carbocycles. The number of hydrogen-bond donors (Lipinski definition) is 9. The number of carbonyl (C=O) groups excluding carboxylic acids is 1. The Hall–Kier alpha value is -1.46. The lowest BCUT2D eigenvalue weighted by Crippen LogP contribution is -2.69. The van der Waals surface area contributed by atoms with Gasteiger partial charge in [0.25, 0.3) is 5.79 Å². The summed E-state index contributed by atoms with van der Waals surface area (Å²) in [5.41, 5.74) is 0. The molecule has 2 saturated heterocycles. The van der Waals surface area contributed by atoms with Gasteiger partial charge >= 0.3 is 5.97 Å². The standard InChI is InChI=1S/C17H29NO13/c1-5-10(23)12(25)13(26)15(29-5)31-17(16(27)28)3-7(21)9(18-6(2)20)14(30-17)11(24)8(22)4-19/h5,7-15,19,21-26H,3-4H2,1-2H3,(H,18,20)(H,27,28)/t5-,7-,8+,9+,10+,11+,12+,13-,14+,15?,17?/m0/s1. The van der Waals surface area contributed by atoms with Crippen molar-refractivity contribution in [2.45, 2.75) is 87.2 Å². The van der Waals surface area contributed by atoms with E-state index in [1.54, 1.807) is 0 Å². The smallest absolute Gasteiger partial charge is 0.364 e. The summed E-state index contributed by atoms with van der Waals surface area (Å²) in [5, 5.41) is 81.7. The van der Waals surface area contributed by atoms with Crippen molar-refractivity contribution in [1.29, 1.82) is 0 Å². The fourth-order valence-electron chi connectivity index (χ4n) is 3.55. The minimum atomic E-state index is -2.76. The summed E-state index contributed by atoms with van der Waals surface area (Å²) in [6, 6.07) is -1.40. The van der Waals surface area contributed by atoms with Crippen molar-refractivity contribution in [1.82, 2.24) is 5.32 Å². The zero-order valence-electron chi connectivity index (χ0n) is 16.8. The van der Waals surface area contributed by atoms with Crippen LogP contribution in [0.4, 0.5) is 0 Å². The maximum absolute atomic E-state index is 12.1. The molecule has 2 aliphatic rings. The molecule has 0 spiro atoms. The van der Waals surface area contributed by atoms with E-state index in [1.165, 1.54) is 6.92 Å². The topological polar surface area (TPSA) is 236 Å². The van der Waals surface area contributed by atoms with Crippen LogP contribution < -0.4 is 5.32 Å². The molecule has 0 bridgehead atoms. The second-order valence-corrected chi connectivity index (χ2v) is 7.68. The van der Waals surface area contributed by atoms with Gasteiger partial charge in [-0.25, -0.2) is 4.79 Å². The fraction of sp³-hybridized carbons (Fsp3) is 0.882.